The van der Waals surface area contributed by atoms with Gasteiger partial charge in [0.2, 0.25) is 0 Å². The third-order valence-corrected chi connectivity index (χ3v) is 3.64. The first kappa shape index (κ1) is 11.8. The Kier molecular flexibility index (Phi) is 3.74. The topological polar surface area (TPSA) is 22.1 Å². The number of aromatic nitrogens is 1. The van der Waals surface area contributed by atoms with Crippen molar-refractivity contribution in [2.45, 2.75) is 13.5 Å². The van der Waals surface area contributed by atoms with Crippen molar-refractivity contribution in [2.75, 3.05) is 7.11 Å². The molecule has 0 amide bonds. The Balaban J connectivity index is 2.40. The fraction of sp³-hybridized carbons (Fsp3) is 0.250. The van der Waals surface area contributed by atoms with E-state index in [1.54, 1.807) is 18.4 Å². The highest BCUT2D eigenvalue weighted by atomic mass is 79.9. The van der Waals surface area contributed by atoms with Gasteiger partial charge >= 0.3 is 0 Å². The Bertz CT molecular complexity index is 496. The SMILES string of the molecule is COCc1nc(-c2cccc(Br)c2)c(C)s1. The number of rotatable bonds is 3. The summed E-state index contributed by atoms with van der Waals surface area (Å²) in [5.74, 6) is 0. The van der Waals surface area contributed by atoms with Crippen molar-refractivity contribution >= 4 is 27.3 Å². The number of benzene rings is 1. The second kappa shape index (κ2) is 5.08. The molecule has 16 heavy (non-hydrogen) atoms. The maximum Gasteiger partial charge on any atom is 0.119 e. The zero-order valence-electron chi connectivity index (χ0n) is 9.16. The largest absolute Gasteiger partial charge is 0.378 e. The van der Waals surface area contributed by atoms with Gasteiger partial charge in [-0.2, -0.15) is 0 Å². The number of hydrogen-bond donors (Lipinski definition) is 0. The molecular weight excluding hydrogens is 286 g/mol. The van der Waals surface area contributed by atoms with Crippen molar-refractivity contribution in [3.63, 3.8) is 0 Å². The molecule has 0 aliphatic heterocycles. The van der Waals surface area contributed by atoms with E-state index in [0.29, 0.717) is 6.61 Å². The summed E-state index contributed by atoms with van der Waals surface area (Å²) in [6.07, 6.45) is 0. The lowest BCUT2D eigenvalue weighted by Crippen LogP contribution is -1.86. The van der Waals surface area contributed by atoms with Crippen LogP contribution in [0.4, 0.5) is 0 Å². The van der Waals surface area contributed by atoms with Crippen LogP contribution < -0.4 is 0 Å². The monoisotopic (exact) mass is 297 g/mol. The minimum Gasteiger partial charge on any atom is -0.378 e. The van der Waals surface area contributed by atoms with E-state index in [9.17, 15) is 0 Å². The van der Waals surface area contributed by atoms with Crippen LogP contribution in [0.5, 0.6) is 0 Å². The predicted octanol–water partition coefficient (Wildman–Crippen LogP) is 4.03. The number of ether oxygens (including phenoxy) is 1. The molecule has 84 valence electrons. The lowest BCUT2D eigenvalue weighted by atomic mass is 10.1. The molecule has 1 heterocycles. The Morgan fingerprint density at radius 2 is 2.25 bits per heavy atom. The second-order valence-electron chi connectivity index (χ2n) is 3.46. The molecule has 1 aromatic carbocycles. The molecule has 0 aliphatic carbocycles. The summed E-state index contributed by atoms with van der Waals surface area (Å²) in [5.41, 5.74) is 2.20. The Hall–Kier alpha value is -0.710. The van der Waals surface area contributed by atoms with E-state index < -0.39 is 0 Å². The maximum absolute atomic E-state index is 5.09. The van der Waals surface area contributed by atoms with Gasteiger partial charge in [0.15, 0.2) is 0 Å². The van der Waals surface area contributed by atoms with Crippen LogP contribution in [0, 0.1) is 6.92 Å². The highest BCUT2D eigenvalue weighted by Crippen LogP contribution is 2.29. The quantitative estimate of drug-likeness (QED) is 0.853. The highest BCUT2D eigenvalue weighted by Gasteiger charge is 2.09. The van der Waals surface area contributed by atoms with Crippen molar-refractivity contribution in [3.05, 3.63) is 38.6 Å². The first-order chi connectivity index (χ1) is 7.70. The molecule has 0 saturated heterocycles. The van der Waals surface area contributed by atoms with Gasteiger partial charge in [0.05, 0.1) is 12.3 Å². The number of halogens is 1. The third kappa shape index (κ3) is 2.51. The lowest BCUT2D eigenvalue weighted by Gasteiger charge is -1.99. The van der Waals surface area contributed by atoms with E-state index >= 15 is 0 Å². The summed E-state index contributed by atoms with van der Waals surface area (Å²) in [5, 5.41) is 1.02. The van der Waals surface area contributed by atoms with Crippen molar-refractivity contribution in [1.82, 2.24) is 4.98 Å². The van der Waals surface area contributed by atoms with E-state index in [0.717, 1.165) is 20.7 Å². The van der Waals surface area contributed by atoms with Crippen molar-refractivity contribution in [2.24, 2.45) is 0 Å². The van der Waals surface area contributed by atoms with Gasteiger partial charge in [-0.1, -0.05) is 28.1 Å². The standard InChI is InChI=1S/C12H12BrNOS/c1-8-12(14-11(16-8)7-15-2)9-4-3-5-10(13)6-9/h3-6H,7H2,1-2H3. The normalized spacial score (nSPS) is 10.7. The Morgan fingerprint density at radius 1 is 1.44 bits per heavy atom. The number of hydrogen-bond acceptors (Lipinski definition) is 3. The smallest absolute Gasteiger partial charge is 0.119 e. The molecule has 2 nitrogen and oxygen atoms in total. The maximum atomic E-state index is 5.09. The van der Waals surface area contributed by atoms with Gasteiger partial charge in [0.25, 0.3) is 0 Å². The van der Waals surface area contributed by atoms with E-state index in [1.807, 2.05) is 12.1 Å². The molecule has 0 atom stereocenters. The number of methoxy groups -OCH3 is 1. The minimum atomic E-state index is 0.583. The molecule has 0 bridgehead atoms. The second-order valence-corrected chi connectivity index (χ2v) is 5.66. The summed E-state index contributed by atoms with van der Waals surface area (Å²) >= 11 is 5.16. The molecule has 0 unspecified atom stereocenters. The molecule has 0 aliphatic rings. The summed E-state index contributed by atoms with van der Waals surface area (Å²) in [6, 6.07) is 8.19. The van der Waals surface area contributed by atoms with Crippen LogP contribution in [0.25, 0.3) is 11.3 Å². The molecular formula is C12H12BrNOS. The van der Waals surface area contributed by atoms with Gasteiger partial charge in [0, 0.05) is 22.0 Å². The zero-order valence-corrected chi connectivity index (χ0v) is 11.6. The predicted molar refractivity (Wildman–Crippen MR) is 70.7 cm³/mol. The van der Waals surface area contributed by atoms with E-state index in [1.165, 1.54) is 4.88 Å². The summed E-state index contributed by atoms with van der Waals surface area (Å²) in [6.45, 7) is 2.67. The van der Waals surface area contributed by atoms with Gasteiger partial charge in [-0.05, 0) is 19.1 Å². The van der Waals surface area contributed by atoms with Crippen LogP contribution in [0.1, 0.15) is 9.88 Å². The summed E-state index contributed by atoms with van der Waals surface area (Å²) in [4.78, 5) is 5.81. The lowest BCUT2D eigenvalue weighted by molar-refractivity contribution is 0.184. The molecule has 0 saturated carbocycles. The molecule has 4 heteroatoms. The molecule has 2 rings (SSSR count). The minimum absolute atomic E-state index is 0.583. The van der Waals surface area contributed by atoms with Gasteiger partial charge in [-0.15, -0.1) is 11.3 Å². The van der Waals surface area contributed by atoms with Crippen LogP contribution in [0.2, 0.25) is 0 Å². The fourth-order valence-corrected chi connectivity index (χ4v) is 2.87. The van der Waals surface area contributed by atoms with E-state index in [-0.39, 0.29) is 0 Å². The van der Waals surface area contributed by atoms with Gasteiger partial charge < -0.3 is 4.74 Å². The molecule has 1 aromatic heterocycles. The number of thiazole rings is 1. The Labute approximate surface area is 107 Å². The van der Waals surface area contributed by atoms with Crippen LogP contribution in [0.15, 0.2) is 28.7 Å². The summed E-state index contributed by atoms with van der Waals surface area (Å²) < 4.78 is 6.17. The van der Waals surface area contributed by atoms with Gasteiger partial charge in [-0.3, -0.25) is 0 Å². The highest BCUT2D eigenvalue weighted by molar-refractivity contribution is 9.10. The fourth-order valence-electron chi connectivity index (χ4n) is 1.54. The van der Waals surface area contributed by atoms with Crippen molar-refractivity contribution < 1.29 is 4.74 Å². The average molecular weight is 298 g/mol. The summed E-state index contributed by atoms with van der Waals surface area (Å²) in [7, 11) is 1.69. The third-order valence-electron chi connectivity index (χ3n) is 2.21. The van der Waals surface area contributed by atoms with E-state index in [2.05, 4.69) is 40.0 Å². The molecule has 0 spiro atoms. The first-order valence-corrected chi connectivity index (χ1v) is 6.53. The van der Waals surface area contributed by atoms with Crippen LogP contribution in [0.3, 0.4) is 0 Å². The zero-order chi connectivity index (χ0) is 11.5. The molecule has 0 fully saturated rings. The van der Waals surface area contributed by atoms with E-state index in [4.69, 9.17) is 4.74 Å². The molecule has 0 radical (unpaired) electrons. The first-order valence-electron chi connectivity index (χ1n) is 4.92. The van der Waals surface area contributed by atoms with Crippen LogP contribution in [-0.2, 0) is 11.3 Å². The molecule has 0 N–H and O–H groups in total. The molecule has 2 aromatic rings. The Morgan fingerprint density at radius 3 is 2.94 bits per heavy atom. The van der Waals surface area contributed by atoms with Crippen molar-refractivity contribution in [1.29, 1.82) is 0 Å². The van der Waals surface area contributed by atoms with Gasteiger partial charge in [-0.25, -0.2) is 4.98 Å². The van der Waals surface area contributed by atoms with Crippen LogP contribution in [-0.4, -0.2) is 12.1 Å². The number of aryl methyl sites for hydroxylation is 1. The number of nitrogens with zero attached hydrogens (tertiary/aromatic N) is 1. The van der Waals surface area contributed by atoms with Gasteiger partial charge in [0.1, 0.15) is 5.01 Å². The average Bonchev–Trinajstić information content (AvgIpc) is 2.60. The van der Waals surface area contributed by atoms with Crippen LogP contribution >= 0.6 is 27.3 Å². The van der Waals surface area contributed by atoms with Crippen molar-refractivity contribution in [3.8, 4) is 11.3 Å².